The van der Waals surface area contributed by atoms with Gasteiger partial charge in [-0.1, -0.05) is 18.2 Å². The van der Waals surface area contributed by atoms with Gasteiger partial charge < -0.3 is 14.8 Å². The average molecular weight is 436 g/mol. The van der Waals surface area contributed by atoms with Crippen LogP contribution < -0.4 is 19.5 Å². The SMILES string of the molecule is COc1cc2ncnc(Nc3ccc(S(=O)(=O)Nc4ccccc4)cc3)c2cc1OC. The van der Waals surface area contributed by atoms with Gasteiger partial charge in [0, 0.05) is 22.8 Å². The molecule has 0 radical (unpaired) electrons. The van der Waals surface area contributed by atoms with Gasteiger partial charge in [-0.2, -0.15) is 0 Å². The van der Waals surface area contributed by atoms with E-state index >= 15 is 0 Å². The van der Waals surface area contributed by atoms with Crippen molar-refractivity contribution in [1.82, 2.24) is 9.97 Å². The van der Waals surface area contributed by atoms with E-state index in [4.69, 9.17) is 9.47 Å². The van der Waals surface area contributed by atoms with E-state index in [1.807, 2.05) is 6.07 Å². The second kappa shape index (κ2) is 8.49. The quantitative estimate of drug-likeness (QED) is 0.448. The summed E-state index contributed by atoms with van der Waals surface area (Å²) in [6.07, 6.45) is 1.44. The molecule has 0 saturated carbocycles. The van der Waals surface area contributed by atoms with E-state index in [1.54, 1.807) is 62.8 Å². The first-order valence-corrected chi connectivity index (χ1v) is 10.8. The fourth-order valence-corrected chi connectivity index (χ4v) is 4.12. The maximum atomic E-state index is 12.6. The maximum absolute atomic E-state index is 12.6. The number of para-hydroxylation sites is 1. The fraction of sp³-hybridized carbons (Fsp3) is 0.0909. The van der Waals surface area contributed by atoms with Crippen LogP contribution >= 0.6 is 0 Å². The molecule has 0 unspecified atom stereocenters. The number of nitrogens with one attached hydrogen (secondary N) is 2. The van der Waals surface area contributed by atoms with Crippen LogP contribution in [0.5, 0.6) is 11.5 Å². The molecule has 0 aliphatic carbocycles. The predicted molar refractivity (Wildman–Crippen MR) is 120 cm³/mol. The molecule has 0 saturated heterocycles. The summed E-state index contributed by atoms with van der Waals surface area (Å²) < 4.78 is 38.4. The van der Waals surface area contributed by atoms with Crippen molar-refractivity contribution >= 4 is 38.1 Å². The van der Waals surface area contributed by atoms with E-state index in [0.717, 1.165) is 5.39 Å². The lowest BCUT2D eigenvalue weighted by atomic mass is 10.2. The van der Waals surface area contributed by atoms with E-state index in [1.165, 1.54) is 18.5 Å². The van der Waals surface area contributed by atoms with Gasteiger partial charge in [0.2, 0.25) is 0 Å². The summed E-state index contributed by atoms with van der Waals surface area (Å²) in [4.78, 5) is 8.74. The molecule has 9 heteroatoms. The van der Waals surface area contributed by atoms with E-state index < -0.39 is 10.0 Å². The number of fused-ring (bicyclic) bond motifs is 1. The van der Waals surface area contributed by atoms with Crippen molar-refractivity contribution < 1.29 is 17.9 Å². The fourth-order valence-electron chi connectivity index (χ4n) is 3.06. The molecule has 0 fully saturated rings. The Labute approximate surface area is 179 Å². The van der Waals surface area contributed by atoms with Crippen molar-refractivity contribution in [2.24, 2.45) is 0 Å². The number of hydrogen-bond acceptors (Lipinski definition) is 7. The van der Waals surface area contributed by atoms with Crippen molar-refractivity contribution in [3.05, 3.63) is 73.1 Å². The minimum Gasteiger partial charge on any atom is -0.493 e. The summed E-state index contributed by atoms with van der Waals surface area (Å²) in [5, 5.41) is 3.94. The monoisotopic (exact) mass is 436 g/mol. The van der Waals surface area contributed by atoms with E-state index in [9.17, 15) is 8.42 Å². The highest BCUT2D eigenvalue weighted by Crippen LogP contribution is 2.34. The topological polar surface area (TPSA) is 102 Å². The van der Waals surface area contributed by atoms with Gasteiger partial charge in [0.25, 0.3) is 10.0 Å². The zero-order chi connectivity index (χ0) is 21.8. The molecular weight excluding hydrogens is 416 g/mol. The zero-order valence-corrected chi connectivity index (χ0v) is 17.7. The number of benzene rings is 3. The largest absolute Gasteiger partial charge is 0.493 e. The molecule has 31 heavy (non-hydrogen) atoms. The molecule has 4 rings (SSSR count). The molecule has 1 aromatic heterocycles. The van der Waals surface area contributed by atoms with E-state index in [-0.39, 0.29) is 4.90 Å². The second-order valence-electron chi connectivity index (χ2n) is 6.57. The average Bonchev–Trinajstić information content (AvgIpc) is 2.79. The maximum Gasteiger partial charge on any atom is 0.261 e. The molecule has 0 aliphatic heterocycles. The summed E-state index contributed by atoms with van der Waals surface area (Å²) in [7, 11) is -0.568. The lowest BCUT2D eigenvalue weighted by molar-refractivity contribution is 0.356. The first-order chi connectivity index (χ1) is 15.0. The molecule has 0 amide bonds. The molecular formula is C22H20N4O4S. The minimum atomic E-state index is -3.69. The van der Waals surface area contributed by atoms with Crippen LogP contribution in [0.4, 0.5) is 17.2 Å². The Kier molecular flexibility index (Phi) is 5.59. The minimum absolute atomic E-state index is 0.154. The summed E-state index contributed by atoms with van der Waals surface area (Å²) in [5.41, 5.74) is 1.86. The summed E-state index contributed by atoms with van der Waals surface area (Å²) in [5.74, 6) is 1.69. The third-order valence-corrected chi connectivity index (χ3v) is 5.99. The summed E-state index contributed by atoms with van der Waals surface area (Å²) in [6.45, 7) is 0. The number of methoxy groups -OCH3 is 2. The van der Waals surface area contributed by atoms with Crippen molar-refractivity contribution in [3.8, 4) is 11.5 Å². The molecule has 0 atom stereocenters. The molecule has 158 valence electrons. The Morgan fingerprint density at radius 1 is 0.806 bits per heavy atom. The number of aromatic nitrogens is 2. The van der Waals surface area contributed by atoms with Crippen LogP contribution in [-0.4, -0.2) is 32.6 Å². The highest BCUT2D eigenvalue weighted by molar-refractivity contribution is 7.92. The van der Waals surface area contributed by atoms with Gasteiger partial charge in [-0.15, -0.1) is 0 Å². The molecule has 3 aromatic carbocycles. The number of sulfonamides is 1. The van der Waals surface area contributed by atoms with Gasteiger partial charge in [-0.25, -0.2) is 18.4 Å². The van der Waals surface area contributed by atoms with Crippen LogP contribution in [-0.2, 0) is 10.0 Å². The Balaban J connectivity index is 1.60. The van der Waals surface area contributed by atoms with Crippen LogP contribution in [0.1, 0.15) is 0 Å². The first-order valence-electron chi connectivity index (χ1n) is 9.32. The normalized spacial score (nSPS) is 11.2. The molecule has 0 aliphatic rings. The van der Waals surface area contributed by atoms with Crippen LogP contribution in [0.2, 0.25) is 0 Å². The van der Waals surface area contributed by atoms with Crippen LogP contribution in [0, 0.1) is 0 Å². The summed E-state index contributed by atoms with van der Waals surface area (Å²) in [6, 6.07) is 18.7. The number of ether oxygens (including phenoxy) is 2. The molecule has 0 bridgehead atoms. The third kappa shape index (κ3) is 4.36. The van der Waals surface area contributed by atoms with Crippen molar-refractivity contribution in [2.45, 2.75) is 4.90 Å². The van der Waals surface area contributed by atoms with Crippen molar-refractivity contribution in [1.29, 1.82) is 0 Å². The number of anilines is 3. The van der Waals surface area contributed by atoms with Gasteiger partial charge in [0.15, 0.2) is 11.5 Å². The Hall–Kier alpha value is -3.85. The number of nitrogens with zero attached hydrogens (tertiary/aromatic N) is 2. The smallest absolute Gasteiger partial charge is 0.261 e. The lowest BCUT2D eigenvalue weighted by Crippen LogP contribution is -2.12. The van der Waals surface area contributed by atoms with Gasteiger partial charge in [0.1, 0.15) is 12.1 Å². The highest BCUT2D eigenvalue weighted by Gasteiger charge is 2.15. The van der Waals surface area contributed by atoms with Crippen molar-refractivity contribution in [2.75, 3.05) is 24.3 Å². The molecule has 2 N–H and O–H groups in total. The second-order valence-corrected chi connectivity index (χ2v) is 8.25. The number of hydrogen-bond donors (Lipinski definition) is 2. The zero-order valence-electron chi connectivity index (χ0n) is 16.9. The number of rotatable bonds is 7. The standard InChI is InChI=1S/C22H20N4O4S/c1-29-20-12-18-19(13-21(20)30-2)23-14-24-22(18)25-15-8-10-17(11-9-15)31(27,28)26-16-6-4-3-5-7-16/h3-14,26H,1-2H3,(H,23,24,25). The molecule has 4 aromatic rings. The Morgan fingerprint density at radius 2 is 1.48 bits per heavy atom. The van der Waals surface area contributed by atoms with Gasteiger partial charge in [0.05, 0.1) is 24.6 Å². The van der Waals surface area contributed by atoms with Gasteiger partial charge in [-0.05, 0) is 42.5 Å². The van der Waals surface area contributed by atoms with Crippen LogP contribution in [0.25, 0.3) is 10.9 Å². The molecule has 0 spiro atoms. The highest BCUT2D eigenvalue weighted by atomic mass is 32.2. The van der Waals surface area contributed by atoms with Crippen LogP contribution in [0.15, 0.2) is 78.0 Å². The van der Waals surface area contributed by atoms with E-state index in [0.29, 0.717) is 34.2 Å². The Bertz CT molecular complexity index is 1310. The first kappa shape index (κ1) is 20.4. The predicted octanol–water partition coefficient (Wildman–Crippen LogP) is 4.19. The van der Waals surface area contributed by atoms with Crippen LogP contribution in [0.3, 0.4) is 0 Å². The molecule has 8 nitrogen and oxygen atoms in total. The molecule has 1 heterocycles. The van der Waals surface area contributed by atoms with Gasteiger partial charge >= 0.3 is 0 Å². The van der Waals surface area contributed by atoms with Gasteiger partial charge in [-0.3, -0.25) is 4.72 Å². The van der Waals surface area contributed by atoms with Crippen molar-refractivity contribution in [3.63, 3.8) is 0 Å². The summed E-state index contributed by atoms with van der Waals surface area (Å²) >= 11 is 0. The Morgan fingerprint density at radius 3 is 2.16 bits per heavy atom. The van der Waals surface area contributed by atoms with E-state index in [2.05, 4.69) is 20.0 Å². The lowest BCUT2D eigenvalue weighted by Gasteiger charge is -2.12. The third-order valence-electron chi connectivity index (χ3n) is 4.59.